The van der Waals surface area contributed by atoms with E-state index in [1.54, 1.807) is 0 Å². The summed E-state index contributed by atoms with van der Waals surface area (Å²) in [5, 5.41) is 0.734. The number of nitrogens with zero attached hydrogens (tertiary/aromatic N) is 3. The van der Waals surface area contributed by atoms with Crippen molar-refractivity contribution in [3.8, 4) is 11.3 Å². The maximum Gasteiger partial charge on any atom is 0.226 e. The number of hydrogen-bond donors (Lipinski definition) is 0. The summed E-state index contributed by atoms with van der Waals surface area (Å²) in [5.41, 5.74) is 1.32. The quantitative estimate of drug-likeness (QED) is 0.706. The van der Waals surface area contributed by atoms with E-state index < -0.39 is 0 Å². The van der Waals surface area contributed by atoms with Crippen molar-refractivity contribution in [1.82, 2.24) is 14.7 Å². The molecule has 3 heterocycles. The van der Waals surface area contributed by atoms with Crippen molar-refractivity contribution in [2.75, 3.05) is 46.3 Å². The summed E-state index contributed by atoms with van der Waals surface area (Å²) < 4.78 is 6.09. The summed E-state index contributed by atoms with van der Waals surface area (Å²) in [6.45, 7) is 6.84. The van der Waals surface area contributed by atoms with Gasteiger partial charge in [-0.15, -0.1) is 0 Å². The second kappa shape index (κ2) is 8.61. The number of amides is 1. The largest absolute Gasteiger partial charge is 0.460 e. The Labute approximate surface area is 189 Å². The Bertz CT molecular complexity index is 917. The molecule has 166 valence electrons. The molecule has 31 heavy (non-hydrogen) atoms. The molecule has 0 N–H and O–H groups in total. The van der Waals surface area contributed by atoms with Gasteiger partial charge >= 0.3 is 0 Å². The molecule has 2 aliphatic heterocycles. The van der Waals surface area contributed by atoms with Gasteiger partial charge in [0.2, 0.25) is 5.91 Å². The van der Waals surface area contributed by atoms with Crippen molar-refractivity contribution in [1.29, 1.82) is 0 Å². The molecule has 0 radical (unpaired) electrons. The maximum absolute atomic E-state index is 13.1. The Hall–Kier alpha value is -1.82. The van der Waals surface area contributed by atoms with Gasteiger partial charge in [-0.2, -0.15) is 0 Å². The zero-order valence-electron chi connectivity index (χ0n) is 18.4. The lowest BCUT2D eigenvalue weighted by molar-refractivity contribution is -0.133. The van der Waals surface area contributed by atoms with Crippen LogP contribution in [0, 0.1) is 11.3 Å². The van der Waals surface area contributed by atoms with E-state index in [-0.39, 0.29) is 11.3 Å². The van der Waals surface area contributed by atoms with Crippen LogP contribution in [0.3, 0.4) is 0 Å². The van der Waals surface area contributed by atoms with Gasteiger partial charge in [-0.1, -0.05) is 11.6 Å². The third-order valence-electron chi connectivity index (χ3n) is 7.54. The van der Waals surface area contributed by atoms with Crippen molar-refractivity contribution in [2.24, 2.45) is 11.3 Å². The number of furan rings is 1. The van der Waals surface area contributed by atoms with Crippen LogP contribution in [0.1, 0.15) is 31.4 Å². The fourth-order valence-electron chi connectivity index (χ4n) is 5.35. The number of benzene rings is 1. The van der Waals surface area contributed by atoms with Gasteiger partial charge in [-0.3, -0.25) is 9.69 Å². The molecule has 3 aliphatic rings. The predicted molar refractivity (Wildman–Crippen MR) is 123 cm³/mol. The Morgan fingerprint density at radius 3 is 2.58 bits per heavy atom. The van der Waals surface area contributed by atoms with Gasteiger partial charge in [0.05, 0.1) is 6.54 Å². The summed E-state index contributed by atoms with van der Waals surface area (Å²) in [6, 6.07) is 11.9. The molecule has 3 fully saturated rings. The highest BCUT2D eigenvalue weighted by Crippen LogP contribution is 2.60. The van der Waals surface area contributed by atoms with Crippen LogP contribution in [0.4, 0.5) is 0 Å². The second-order valence-electron chi connectivity index (χ2n) is 9.65. The summed E-state index contributed by atoms with van der Waals surface area (Å²) >= 11 is 5.99. The van der Waals surface area contributed by atoms with Crippen LogP contribution < -0.4 is 0 Å². The van der Waals surface area contributed by atoms with E-state index in [0.717, 1.165) is 93.6 Å². The minimum Gasteiger partial charge on any atom is -0.460 e. The average Bonchev–Trinajstić information content (AvgIpc) is 3.36. The normalized spacial score (nSPS) is 24.3. The van der Waals surface area contributed by atoms with Gasteiger partial charge in [0.1, 0.15) is 11.5 Å². The summed E-state index contributed by atoms with van der Waals surface area (Å²) in [5.74, 6) is 2.56. The average molecular weight is 442 g/mol. The van der Waals surface area contributed by atoms with Crippen molar-refractivity contribution in [2.45, 2.75) is 32.2 Å². The summed E-state index contributed by atoms with van der Waals surface area (Å²) in [7, 11) is 2.15. The Balaban J connectivity index is 1.13. The van der Waals surface area contributed by atoms with E-state index >= 15 is 0 Å². The Morgan fingerprint density at radius 1 is 1.03 bits per heavy atom. The second-order valence-corrected chi connectivity index (χ2v) is 10.1. The number of hydrogen-bond acceptors (Lipinski definition) is 4. The summed E-state index contributed by atoms with van der Waals surface area (Å²) in [4.78, 5) is 20.0. The van der Waals surface area contributed by atoms with Gasteiger partial charge in [-0.25, -0.2) is 0 Å². The van der Waals surface area contributed by atoms with Crippen LogP contribution in [0.2, 0.25) is 5.02 Å². The van der Waals surface area contributed by atoms with Crippen LogP contribution >= 0.6 is 11.6 Å². The molecule has 6 heteroatoms. The number of likely N-dealkylation sites (tertiary alicyclic amines) is 1. The van der Waals surface area contributed by atoms with Crippen molar-refractivity contribution in [3.05, 3.63) is 47.2 Å². The van der Waals surface area contributed by atoms with Crippen molar-refractivity contribution < 1.29 is 9.21 Å². The topological polar surface area (TPSA) is 39.9 Å². The maximum atomic E-state index is 13.1. The number of likely N-dealkylation sites (N-methyl/N-ethyl adjacent to an activating group) is 1. The number of halogens is 1. The lowest BCUT2D eigenvalue weighted by Gasteiger charge is -2.33. The van der Waals surface area contributed by atoms with E-state index in [1.807, 2.05) is 30.3 Å². The smallest absolute Gasteiger partial charge is 0.226 e. The number of carbonyl (C=O) groups excluding carboxylic acids is 1. The lowest BCUT2D eigenvalue weighted by atomic mass is 9.90. The summed E-state index contributed by atoms with van der Waals surface area (Å²) in [6.07, 6.45) is 4.44. The highest BCUT2D eigenvalue weighted by atomic mass is 35.5. The Kier molecular flexibility index (Phi) is 5.84. The molecule has 5 nitrogen and oxygen atoms in total. The first-order valence-electron chi connectivity index (χ1n) is 11.6. The minimum absolute atomic E-state index is 0.262. The van der Waals surface area contributed by atoms with Crippen LogP contribution in [0.5, 0.6) is 0 Å². The van der Waals surface area contributed by atoms with Crippen LogP contribution in [0.15, 0.2) is 40.8 Å². The number of piperidine rings is 1. The number of rotatable bonds is 4. The first-order chi connectivity index (χ1) is 15.0. The molecule has 1 aliphatic carbocycles. The molecule has 0 bridgehead atoms. The van der Waals surface area contributed by atoms with E-state index in [1.165, 1.54) is 0 Å². The van der Waals surface area contributed by atoms with Crippen LogP contribution in [-0.4, -0.2) is 66.9 Å². The molecule has 1 atom stereocenters. The molecule has 1 saturated carbocycles. The molecule has 1 amide bonds. The SMILES string of the molecule is CN1CCCN(C(=O)C2CC23CCN(Cc2ccc(-c4ccc(Cl)cc4)o2)CC3)CC1. The molecule has 1 aromatic heterocycles. The Morgan fingerprint density at radius 2 is 1.81 bits per heavy atom. The monoisotopic (exact) mass is 441 g/mol. The fourth-order valence-corrected chi connectivity index (χ4v) is 5.47. The first-order valence-corrected chi connectivity index (χ1v) is 11.9. The molecule has 1 aromatic carbocycles. The fraction of sp³-hybridized carbons (Fsp3) is 0.560. The third-order valence-corrected chi connectivity index (χ3v) is 7.79. The molecule has 1 spiro atoms. The molecule has 2 saturated heterocycles. The first kappa shape index (κ1) is 21.0. The van der Waals surface area contributed by atoms with Crippen LogP contribution in [0.25, 0.3) is 11.3 Å². The zero-order chi connectivity index (χ0) is 21.4. The third kappa shape index (κ3) is 4.55. The van der Waals surface area contributed by atoms with E-state index in [4.69, 9.17) is 16.0 Å². The van der Waals surface area contributed by atoms with Gasteiger partial charge in [0.25, 0.3) is 0 Å². The van der Waals surface area contributed by atoms with Crippen molar-refractivity contribution >= 4 is 17.5 Å². The van der Waals surface area contributed by atoms with Crippen LogP contribution in [-0.2, 0) is 11.3 Å². The van der Waals surface area contributed by atoms with Gasteiger partial charge in [-0.05, 0) is 94.2 Å². The lowest BCUT2D eigenvalue weighted by Crippen LogP contribution is -2.39. The van der Waals surface area contributed by atoms with Gasteiger partial charge < -0.3 is 14.2 Å². The zero-order valence-corrected chi connectivity index (χ0v) is 19.1. The van der Waals surface area contributed by atoms with Crippen molar-refractivity contribution in [3.63, 3.8) is 0 Å². The van der Waals surface area contributed by atoms with E-state index in [9.17, 15) is 4.79 Å². The van der Waals surface area contributed by atoms with Gasteiger partial charge in [0.15, 0.2) is 0 Å². The minimum atomic E-state index is 0.262. The predicted octanol–water partition coefficient (Wildman–Crippen LogP) is 4.37. The van der Waals surface area contributed by atoms with E-state index in [0.29, 0.717) is 5.91 Å². The molecule has 1 unspecified atom stereocenters. The molecular formula is C25H32ClN3O2. The highest BCUT2D eigenvalue weighted by Gasteiger charge is 2.59. The molecular weight excluding hydrogens is 410 g/mol. The molecule has 5 rings (SSSR count). The number of carbonyl (C=O) groups is 1. The standard InChI is InChI=1S/C25H32ClN3O2/c1-27-11-2-12-29(16-15-27)24(30)22-17-25(22)9-13-28(14-10-25)18-21-7-8-23(31-21)19-3-5-20(26)6-4-19/h3-8,22H,2,9-18H2,1H3. The highest BCUT2D eigenvalue weighted by molar-refractivity contribution is 6.30. The van der Waals surface area contributed by atoms with E-state index in [2.05, 4.69) is 27.8 Å². The molecule has 2 aromatic rings. The van der Waals surface area contributed by atoms with Gasteiger partial charge in [0, 0.05) is 36.1 Å².